The van der Waals surface area contributed by atoms with Crippen LogP contribution in [0.2, 0.25) is 0 Å². The summed E-state index contributed by atoms with van der Waals surface area (Å²) in [6.45, 7) is 3.44. The van der Waals surface area contributed by atoms with Gasteiger partial charge in [0.1, 0.15) is 6.04 Å². The van der Waals surface area contributed by atoms with Crippen molar-refractivity contribution >= 4 is 22.9 Å². The van der Waals surface area contributed by atoms with Gasteiger partial charge >= 0.3 is 0 Å². The zero-order chi connectivity index (χ0) is 19.1. The zero-order valence-corrected chi connectivity index (χ0v) is 17.0. The third-order valence-electron chi connectivity index (χ3n) is 6.02. The number of carbonyl (C=O) groups is 1. The first-order valence-corrected chi connectivity index (χ1v) is 11.1. The lowest BCUT2D eigenvalue weighted by molar-refractivity contribution is -0.132. The molecule has 3 heterocycles. The average molecular weight is 399 g/mol. The summed E-state index contributed by atoms with van der Waals surface area (Å²) in [5.74, 6) is 1.27. The van der Waals surface area contributed by atoms with E-state index in [0.717, 1.165) is 55.8 Å². The number of nitrogens with zero attached hydrogens (tertiary/aromatic N) is 1. The molecule has 5 rings (SSSR count). The standard InChI is InChI=1S/C22H26N2O3S/c1-15(21(25)24-11-7-20-16(14-24)8-12-28-20)23-17-5-6-18-19(13-17)27-22(26-18)9-3-2-4-10-22/h5-6,8,12-13,15,23H,2-4,7,9-11,14H2,1H3. The monoisotopic (exact) mass is 398 g/mol. The second kappa shape index (κ2) is 6.99. The molecule has 2 aromatic rings. The minimum absolute atomic E-state index is 0.137. The van der Waals surface area contributed by atoms with Gasteiger partial charge in [0, 0.05) is 42.6 Å². The summed E-state index contributed by atoms with van der Waals surface area (Å²) in [6.07, 6.45) is 6.38. The third kappa shape index (κ3) is 3.24. The Hall–Kier alpha value is -2.21. The summed E-state index contributed by atoms with van der Waals surface area (Å²) >= 11 is 1.79. The number of hydrogen-bond acceptors (Lipinski definition) is 5. The number of benzene rings is 1. The number of anilines is 1. The Morgan fingerprint density at radius 2 is 2.00 bits per heavy atom. The van der Waals surface area contributed by atoms with Crippen LogP contribution in [0.5, 0.6) is 11.5 Å². The first kappa shape index (κ1) is 17.9. The first-order chi connectivity index (χ1) is 13.6. The van der Waals surface area contributed by atoms with Gasteiger partial charge in [0.15, 0.2) is 11.5 Å². The van der Waals surface area contributed by atoms with Gasteiger partial charge in [-0.15, -0.1) is 11.3 Å². The topological polar surface area (TPSA) is 50.8 Å². The van der Waals surface area contributed by atoms with Crippen LogP contribution in [0.1, 0.15) is 49.5 Å². The Balaban J connectivity index is 1.25. The Kier molecular flexibility index (Phi) is 4.46. The van der Waals surface area contributed by atoms with Crippen LogP contribution in [0.25, 0.3) is 0 Å². The average Bonchev–Trinajstić information content (AvgIpc) is 3.31. The lowest BCUT2D eigenvalue weighted by Gasteiger charge is -2.31. The molecule has 148 valence electrons. The van der Waals surface area contributed by atoms with E-state index in [4.69, 9.17) is 9.47 Å². The van der Waals surface area contributed by atoms with Crippen molar-refractivity contribution in [3.05, 3.63) is 40.1 Å². The number of rotatable bonds is 3. The number of thiophene rings is 1. The van der Waals surface area contributed by atoms with Crippen molar-refractivity contribution in [3.63, 3.8) is 0 Å². The van der Waals surface area contributed by atoms with Crippen molar-refractivity contribution < 1.29 is 14.3 Å². The maximum absolute atomic E-state index is 12.9. The highest BCUT2D eigenvalue weighted by atomic mass is 32.1. The molecule has 0 bridgehead atoms. The molecule has 1 aromatic carbocycles. The van der Waals surface area contributed by atoms with E-state index in [1.54, 1.807) is 11.3 Å². The summed E-state index contributed by atoms with van der Waals surface area (Å²) in [7, 11) is 0. The molecule has 1 aromatic heterocycles. The number of amides is 1. The van der Waals surface area contributed by atoms with Crippen LogP contribution in [0.4, 0.5) is 5.69 Å². The van der Waals surface area contributed by atoms with Crippen LogP contribution >= 0.6 is 11.3 Å². The van der Waals surface area contributed by atoms with Gasteiger partial charge in [0.25, 0.3) is 5.79 Å². The Labute approximate surface area is 169 Å². The molecule has 1 fully saturated rings. The minimum atomic E-state index is -0.466. The molecule has 0 radical (unpaired) electrons. The van der Waals surface area contributed by atoms with Crippen molar-refractivity contribution in [3.8, 4) is 11.5 Å². The molecule has 1 aliphatic carbocycles. The number of nitrogens with one attached hydrogen (secondary N) is 1. The quantitative estimate of drug-likeness (QED) is 0.823. The molecular formula is C22H26N2O3S. The van der Waals surface area contributed by atoms with E-state index in [1.807, 2.05) is 30.0 Å². The van der Waals surface area contributed by atoms with Gasteiger partial charge in [-0.25, -0.2) is 0 Å². The van der Waals surface area contributed by atoms with Crippen molar-refractivity contribution in [1.29, 1.82) is 0 Å². The molecule has 5 nitrogen and oxygen atoms in total. The molecule has 1 saturated carbocycles. The fourth-order valence-corrected chi connectivity index (χ4v) is 5.39. The lowest BCUT2D eigenvalue weighted by Crippen LogP contribution is -2.43. The van der Waals surface area contributed by atoms with Crippen LogP contribution < -0.4 is 14.8 Å². The Morgan fingerprint density at radius 1 is 1.18 bits per heavy atom. The number of hydrogen-bond donors (Lipinski definition) is 1. The van der Waals surface area contributed by atoms with Gasteiger partial charge < -0.3 is 19.7 Å². The van der Waals surface area contributed by atoms with Crippen molar-refractivity contribution in [2.45, 2.75) is 63.8 Å². The number of ether oxygens (including phenoxy) is 2. The van der Waals surface area contributed by atoms with Gasteiger partial charge in [-0.05, 0) is 55.3 Å². The molecule has 0 saturated heterocycles. The van der Waals surface area contributed by atoms with E-state index in [1.165, 1.54) is 16.9 Å². The molecule has 3 aliphatic rings. The van der Waals surface area contributed by atoms with Gasteiger partial charge in [0.05, 0.1) is 0 Å². The van der Waals surface area contributed by atoms with E-state index in [2.05, 4.69) is 16.8 Å². The van der Waals surface area contributed by atoms with E-state index in [9.17, 15) is 4.79 Å². The largest absolute Gasteiger partial charge is 0.448 e. The molecule has 1 unspecified atom stereocenters. The molecule has 1 spiro atoms. The zero-order valence-electron chi connectivity index (χ0n) is 16.2. The first-order valence-electron chi connectivity index (χ1n) is 10.2. The van der Waals surface area contributed by atoms with Crippen molar-refractivity contribution in [2.24, 2.45) is 0 Å². The van der Waals surface area contributed by atoms with Gasteiger partial charge in [-0.3, -0.25) is 4.79 Å². The maximum atomic E-state index is 12.9. The number of carbonyl (C=O) groups excluding carboxylic acids is 1. The molecule has 1 N–H and O–H groups in total. The highest BCUT2D eigenvalue weighted by Crippen LogP contribution is 2.46. The molecule has 6 heteroatoms. The van der Waals surface area contributed by atoms with Crippen molar-refractivity contribution in [2.75, 3.05) is 11.9 Å². The minimum Gasteiger partial charge on any atom is -0.448 e. The van der Waals surface area contributed by atoms with E-state index in [0.29, 0.717) is 6.54 Å². The summed E-state index contributed by atoms with van der Waals surface area (Å²) in [6, 6.07) is 7.74. The van der Waals surface area contributed by atoms with Crippen LogP contribution in [0.3, 0.4) is 0 Å². The second-order valence-electron chi connectivity index (χ2n) is 8.08. The molecule has 1 amide bonds. The Morgan fingerprint density at radius 3 is 2.86 bits per heavy atom. The van der Waals surface area contributed by atoms with E-state index < -0.39 is 5.79 Å². The molecular weight excluding hydrogens is 372 g/mol. The fraction of sp³-hybridized carbons (Fsp3) is 0.500. The maximum Gasteiger partial charge on any atom is 0.251 e. The predicted octanol–water partition coefficient (Wildman–Crippen LogP) is 4.57. The molecule has 2 aliphatic heterocycles. The summed E-state index contributed by atoms with van der Waals surface area (Å²) in [4.78, 5) is 16.3. The molecule has 1 atom stereocenters. The fourth-order valence-electron chi connectivity index (χ4n) is 4.50. The van der Waals surface area contributed by atoms with Gasteiger partial charge in [-0.2, -0.15) is 0 Å². The second-order valence-corrected chi connectivity index (χ2v) is 9.08. The smallest absolute Gasteiger partial charge is 0.251 e. The highest BCUT2D eigenvalue weighted by Gasteiger charge is 2.42. The van der Waals surface area contributed by atoms with Crippen LogP contribution in [0.15, 0.2) is 29.6 Å². The van der Waals surface area contributed by atoms with E-state index in [-0.39, 0.29) is 11.9 Å². The van der Waals surface area contributed by atoms with Crippen molar-refractivity contribution in [1.82, 2.24) is 4.90 Å². The lowest BCUT2D eigenvalue weighted by atomic mass is 9.94. The highest BCUT2D eigenvalue weighted by molar-refractivity contribution is 7.10. The summed E-state index contributed by atoms with van der Waals surface area (Å²) in [5.41, 5.74) is 2.18. The van der Waals surface area contributed by atoms with Crippen LogP contribution in [-0.4, -0.2) is 29.2 Å². The van der Waals surface area contributed by atoms with E-state index >= 15 is 0 Å². The van der Waals surface area contributed by atoms with Crippen LogP contribution in [-0.2, 0) is 17.8 Å². The third-order valence-corrected chi connectivity index (χ3v) is 7.05. The predicted molar refractivity (Wildman–Crippen MR) is 110 cm³/mol. The SMILES string of the molecule is CC(Nc1ccc2c(c1)OC1(CCCCC1)O2)C(=O)N1CCc2sccc2C1. The van der Waals surface area contributed by atoms with Crippen LogP contribution in [0, 0.1) is 0 Å². The summed E-state index contributed by atoms with van der Waals surface area (Å²) in [5, 5.41) is 5.47. The summed E-state index contributed by atoms with van der Waals surface area (Å²) < 4.78 is 12.3. The Bertz CT molecular complexity index is 888. The molecule has 28 heavy (non-hydrogen) atoms. The number of fused-ring (bicyclic) bond motifs is 2. The van der Waals surface area contributed by atoms with Gasteiger partial charge in [-0.1, -0.05) is 6.42 Å². The van der Waals surface area contributed by atoms with Gasteiger partial charge in [0.2, 0.25) is 5.91 Å². The normalized spacial score (nSPS) is 20.7.